The molecule has 1 aromatic heterocycles. The monoisotopic (exact) mass is 277 g/mol. The van der Waals surface area contributed by atoms with Crippen molar-refractivity contribution in [3.8, 4) is 5.75 Å². The molecule has 1 aromatic carbocycles. The van der Waals surface area contributed by atoms with Crippen molar-refractivity contribution < 1.29 is 9.84 Å². The van der Waals surface area contributed by atoms with Crippen molar-refractivity contribution in [2.75, 3.05) is 18.1 Å². The number of hydrogen-bond acceptors (Lipinski definition) is 6. The predicted octanol–water partition coefficient (Wildman–Crippen LogP) is 1.59. The lowest BCUT2D eigenvalue weighted by atomic mass is 10.3. The summed E-state index contributed by atoms with van der Waals surface area (Å²) >= 11 is 1.44. The summed E-state index contributed by atoms with van der Waals surface area (Å²) in [5.74, 6) is 1.16. The van der Waals surface area contributed by atoms with Crippen LogP contribution >= 0.6 is 11.8 Å². The van der Waals surface area contributed by atoms with Crippen molar-refractivity contribution in [1.82, 2.24) is 9.97 Å². The normalized spacial score (nSPS) is 12.1. The van der Waals surface area contributed by atoms with Gasteiger partial charge in [-0.25, -0.2) is 4.98 Å². The highest BCUT2D eigenvalue weighted by molar-refractivity contribution is 7.99. The summed E-state index contributed by atoms with van der Waals surface area (Å²) in [6.07, 6.45) is 4.32. The molecule has 0 saturated heterocycles. The van der Waals surface area contributed by atoms with Gasteiger partial charge in [0.05, 0.1) is 12.3 Å². The average molecular weight is 277 g/mol. The molecule has 0 aliphatic carbocycles. The van der Waals surface area contributed by atoms with Gasteiger partial charge >= 0.3 is 0 Å². The Kier molecular flexibility index (Phi) is 5.00. The second-order valence-electron chi connectivity index (χ2n) is 3.89. The van der Waals surface area contributed by atoms with Crippen LogP contribution in [-0.2, 0) is 0 Å². The Morgan fingerprint density at radius 3 is 3.00 bits per heavy atom. The number of aliphatic hydroxyl groups is 1. The summed E-state index contributed by atoms with van der Waals surface area (Å²) in [6.45, 7) is 0.219. The standard InChI is InChI=1S/C13H15N3O2S/c14-10-2-1-3-12(6-10)18-8-11(17)9-19-13-7-15-4-5-16-13/h1-7,11,17H,8-9,14H2. The number of aliphatic hydroxyl groups excluding tert-OH is 1. The van der Waals surface area contributed by atoms with Gasteiger partial charge in [-0.3, -0.25) is 4.98 Å². The smallest absolute Gasteiger partial charge is 0.121 e. The SMILES string of the molecule is Nc1cccc(OCC(O)CSc2cnccn2)c1. The third kappa shape index (κ3) is 4.76. The van der Waals surface area contributed by atoms with E-state index < -0.39 is 6.10 Å². The predicted molar refractivity (Wildman–Crippen MR) is 75.1 cm³/mol. The number of thioether (sulfide) groups is 1. The highest BCUT2D eigenvalue weighted by Crippen LogP contribution is 2.17. The van der Waals surface area contributed by atoms with Crippen LogP contribution < -0.4 is 10.5 Å². The fraction of sp³-hybridized carbons (Fsp3) is 0.231. The molecule has 0 saturated carbocycles. The number of ether oxygens (including phenoxy) is 1. The quantitative estimate of drug-likeness (QED) is 0.616. The Morgan fingerprint density at radius 2 is 2.26 bits per heavy atom. The van der Waals surface area contributed by atoms with E-state index in [9.17, 15) is 5.11 Å². The molecule has 0 spiro atoms. The van der Waals surface area contributed by atoms with Crippen LogP contribution in [0.2, 0.25) is 0 Å². The van der Waals surface area contributed by atoms with E-state index in [1.165, 1.54) is 11.8 Å². The van der Waals surface area contributed by atoms with Crippen molar-refractivity contribution >= 4 is 17.4 Å². The Labute approximate surface area is 115 Å². The summed E-state index contributed by atoms with van der Waals surface area (Å²) < 4.78 is 5.46. The highest BCUT2D eigenvalue weighted by Gasteiger charge is 2.07. The molecular weight excluding hydrogens is 262 g/mol. The minimum absolute atomic E-state index is 0.219. The molecule has 0 amide bonds. The lowest BCUT2D eigenvalue weighted by Gasteiger charge is -2.12. The van der Waals surface area contributed by atoms with Crippen LogP contribution in [0.1, 0.15) is 0 Å². The van der Waals surface area contributed by atoms with Gasteiger partial charge in [0.2, 0.25) is 0 Å². The maximum Gasteiger partial charge on any atom is 0.121 e. The number of nitrogen functional groups attached to an aromatic ring is 1. The number of benzene rings is 1. The molecule has 2 aromatic rings. The van der Waals surface area contributed by atoms with E-state index >= 15 is 0 Å². The largest absolute Gasteiger partial charge is 0.491 e. The molecule has 0 fully saturated rings. The fourth-order valence-corrected chi connectivity index (χ4v) is 2.12. The number of nitrogens with two attached hydrogens (primary N) is 1. The Hall–Kier alpha value is -1.79. The van der Waals surface area contributed by atoms with Gasteiger partial charge in [0.25, 0.3) is 0 Å². The molecule has 0 aliphatic heterocycles. The topological polar surface area (TPSA) is 81.3 Å². The van der Waals surface area contributed by atoms with E-state index in [2.05, 4.69) is 9.97 Å². The zero-order chi connectivity index (χ0) is 13.5. The molecule has 3 N–H and O–H groups in total. The van der Waals surface area contributed by atoms with Crippen molar-refractivity contribution in [3.63, 3.8) is 0 Å². The molecule has 0 radical (unpaired) electrons. The highest BCUT2D eigenvalue weighted by atomic mass is 32.2. The third-order valence-electron chi connectivity index (χ3n) is 2.26. The first-order valence-electron chi connectivity index (χ1n) is 5.79. The minimum atomic E-state index is -0.576. The maximum atomic E-state index is 9.82. The van der Waals surface area contributed by atoms with Gasteiger partial charge in [0.15, 0.2) is 0 Å². The van der Waals surface area contributed by atoms with Crippen LogP contribution in [0.4, 0.5) is 5.69 Å². The summed E-state index contributed by atoms with van der Waals surface area (Å²) in [6, 6.07) is 7.12. The Bertz CT molecular complexity index is 510. The minimum Gasteiger partial charge on any atom is -0.491 e. The molecule has 0 bridgehead atoms. The van der Waals surface area contributed by atoms with Crippen LogP contribution in [0.5, 0.6) is 5.75 Å². The van der Waals surface area contributed by atoms with Crippen LogP contribution in [0, 0.1) is 0 Å². The zero-order valence-electron chi connectivity index (χ0n) is 10.3. The number of rotatable bonds is 6. The fourth-order valence-electron chi connectivity index (χ4n) is 1.39. The molecule has 1 heterocycles. The maximum absolute atomic E-state index is 9.82. The van der Waals surface area contributed by atoms with E-state index in [0.717, 1.165) is 5.03 Å². The van der Waals surface area contributed by atoms with E-state index in [-0.39, 0.29) is 6.61 Å². The summed E-state index contributed by atoms with van der Waals surface area (Å²) in [4.78, 5) is 8.07. The molecule has 6 heteroatoms. The molecule has 0 aliphatic rings. The third-order valence-corrected chi connectivity index (χ3v) is 3.32. The van der Waals surface area contributed by atoms with Crippen molar-refractivity contribution in [1.29, 1.82) is 0 Å². The molecule has 19 heavy (non-hydrogen) atoms. The molecule has 100 valence electrons. The zero-order valence-corrected chi connectivity index (χ0v) is 11.1. The first-order valence-corrected chi connectivity index (χ1v) is 6.78. The van der Waals surface area contributed by atoms with Crippen LogP contribution in [0.15, 0.2) is 47.9 Å². The number of hydrogen-bond donors (Lipinski definition) is 2. The molecule has 5 nitrogen and oxygen atoms in total. The molecule has 2 rings (SSSR count). The lowest BCUT2D eigenvalue weighted by Crippen LogP contribution is -2.20. The summed E-state index contributed by atoms with van der Waals surface area (Å²) in [5.41, 5.74) is 6.28. The molecule has 1 atom stereocenters. The van der Waals surface area contributed by atoms with E-state index in [1.807, 2.05) is 6.07 Å². The van der Waals surface area contributed by atoms with E-state index in [1.54, 1.807) is 36.8 Å². The second-order valence-corrected chi connectivity index (χ2v) is 4.93. The number of anilines is 1. The van der Waals surface area contributed by atoms with Gasteiger partial charge in [-0.05, 0) is 12.1 Å². The first-order chi connectivity index (χ1) is 9.24. The van der Waals surface area contributed by atoms with E-state index in [4.69, 9.17) is 10.5 Å². The van der Waals surface area contributed by atoms with Gasteiger partial charge in [-0.2, -0.15) is 0 Å². The van der Waals surface area contributed by atoms with Gasteiger partial charge in [-0.15, -0.1) is 11.8 Å². The lowest BCUT2D eigenvalue weighted by molar-refractivity contribution is 0.126. The van der Waals surface area contributed by atoms with Crippen LogP contribution in [-0.4, -0.2) is 33.5 Å². The van der Waals surface area contributed by atoms with Crippen molar-refractivity contribution in [2.45, 2.75) is 11.1 Å². The van der Waals surface area contributed by atoms with Gasteiger partial charge in [0.1, 0.15) is 17.4 Å². The van der Waals surface area contributed by atoms with Gasteiger partial charge in [-0.1, -0.05) is 6.07 Å². The van der Waals surface area contributed by atoms with E-state index in [0.29, 0.717) is 17.2 Å². The van der Waals surface area contributed by atoms with Crippen LogP contribution in [0.25, 0.3) is 0 Å². The van der Waals surface area contributed by atoms with Crippen molar-refractivity contribution in [2.24, 2.45) is 0 Å². The number of nitrogens with zero attached hydrogens (tertiary/aromatic N) is 2. The molecular formula is C13H15N3O2S. The average Bonchev–Trinajstić information content (AvgIpc) is 2.44. The first kappa shape index (κ1) is 13.6. The molecule has 1 unspecified atom stereocenters. The van der Waals surface area contributed by atoms with Crippen LogP contribution in [0.3, 0.4) is 0 Å². The Balaban J connectivity index is 1.74. The number of aromatic nitrogens is 2. The van der Waals surface area contributed by atoms with Gasteiger partial charge in [0, 0.05) is 29.9 Å². The Morgan fingerprint density at radius 1 is 1.37 bits per heavy atom. The second kappa shape index (κ2) is 6.96. The summed E-state index contributed by atoms with van der Waals surface area (Å²) in [5, 5.41) is 10.6. The van der Waals surface area contributed by atoms with Gasteiger partial charge < -0.3 is 15.6 Å². The van der Waals surface area contributed by atoms with Crippen molar-refractivity contribution in [3.05, 3.63) is 42.9 Å². The summed E-state index contributed by atoms with van der Waals surface area (Å²) in [7, 11) is 0.